The van der Waals surface area contributed by atoms with Crippen molar-refractivity contribution >= 4 is 14.1 Å². The molecule has 0 radical (unpaired) electrons. The van der Waals surface area contributed by atoms with Crippen molar-refractivity contribution in [3.63, 3.8) is 0 Å². The van der Waals surface area contributed by atoms with Crippen LogP contribution in [-0.2, 0) is 9.36 Å². The van der Waals surface area contributed by atoms with Crippen LogP contribution >= 0.6 is 7.82 Å². The van der Waals surface area contributed by atoms with Crippen LogP contribution in [0.3, 0.4) is 0 Å². The van der Waals surface area contributed by atoms with Gasteiger partial charge >= 0.3 is 37.4 Å². The van der Waals surface area contributed by atoms with Gasteiger partial charge < -0.3 is 19.5 Å². The zero-order chi connectivity index (χ0) is 18.5. The third kappa shape index (κ3) is 45.6. The molecule has 144 valence electrons. The Morgan fingerprint density at radius 1 is 0.760 bits per heavy atom. The number of allylic oxidation sites excluding steroid dienone is 2. The minimum absolute atomic E-state index is 0. The zero-order valence-electron chi connectivity index (χ0n) is 16.2. The Morgan fingerprint density at radius 2 is 1.12 bits per heavy atom. The summed E-state index contributed by atoms with van der Waals surface area (Å²) >= 11 is 0. The van der Waals surface area contributed by atoms with Crippen LogP contribution in [0.25, 0.3) is 0 Å². The van der Waals surface area contributed by atoms with E-state index in [4.69, 9.17) is 19.2 Å². The van der Waals surface area contributed by atoms with Crippen molar-refractivity contribution < 1.29 is 53.6 Å². The van der Waals surface area contributed by atoms with Gasteiger partial charge in [-0.15, -0.1) is 0 Å². The molecule has 0 saturated heterocycles. The van der Waals surface area contributed by atoms with Gasteiger partial charge in [-0.3, -0.25) is 6.29 Å². The van der Waals surface area contributed by atoms with E-state index in [0.717, 1.165) is 6.42 Å². The zero-order valence-corrected chi connectivity index (χ0v) is 19.1. The second-order valence-corrected chi connectivity index (χ2v) is 7.02. The van der Waals surface area contributed by atoms with Gasteiger partial charge in [-0.25, -0.2) is 4.57 Å². The molecule has 0 rings (SSSR count). The summed E-state index contributed by atoms with van der Waals surface area (Å²) in [5.74, 6) is 0. The molecule has 0 bridgehead atoms. The monoisotopic (exact) mass is 386 g/mol. The van der Waals surface area contributed by atoms with Crippen LogP contribution < -0.4 is 29.6 Å². The van der Waals surface area contributed by atoms with E-state index >= 15 is 0 Å². The molecule has 0 aliphatic carbocycles. The first-order chi connectivity index (χ1) is 11.4. The molecule has 0 unspecified atom stereocenters. The quantitative estimate of drug-likeness (QED) is 0.132. The van der Waals surface area contributed by atoms with E-state index in [1.807, 2.05) is 6.29 Å². The molecule has 0 aliphatic rings. The van der Waals surface area contributed by atoms with E-state index in [9.17, 15) is 4.79 Å². The van der Waals surface area contributed by atoms with Crippen molar-refractivity contribution in [2.24, 2.45) is 0 Å². The third-order valence-electron chi connectivity index (χ3n) is 3.54. The van der Waals surface area contributed by atoms with Gasteiger partial charge in [0.1, 0.15) is 0 Å². The number of hydrogen-bond donors (Lipinski definition) is 3. The van der Waals surface area contributed by atoms with Crippen molar-refractivity contribution in [2.45, 2.75) is 96.8 Å². The van der Waals surface area contributed by atoms with Gasteiger partial charge in [-0.1, -0.05) is 76.9 Å². The van der Waals surface area contributed by atoms with E-state index in [1.54, 1.807) is 0 Å². The maximum Gasteiger partial charge on any atom is 1.00 e. The van der Waals surface area contributed by atoms with Crippen molar-refractivity contribution in [1.82, 2.24) is 0 Å². The Bertz CT molecular complexity index is 323. The summed E-state index contributed by atoms with van der Waals surface area (Å²) in [6, 6.07) is 0. The standard InChI is InChI=1S/C18H33O.Na.H3O4P/c1-2-3-4-5-6-7-8-9-10-11-12-13-14-15-16-17-18-19;;1-5(2,3)4/h9-10H,2-8,11-17H2,1H3;;(H3,1,2,3,4)/q-1;+1;/b10-9-;;. The molecule has 3 N–H and O–H groups in total. The van der Waals surface area contributed by atoms with Crippen LogP contribution in [0.1, 0.15) is 96.8 Å². The van der Waals surface area contributed by atoms with Gasteiger partial charge in [0.25, 0.3) is 0 Å². The summed E-state index contributed by atoms with van der Waals surface area (Å²) < 4.78 is 8.88. The number of unbranched alkanes of at least 4 members (excludes halogenated alkanes) is 12. The third-order valence-corrected chi connectivity index (χ3v) is 3.54. The van der Waals surface area contributed by atoms with E-state index < -0.39 is 7.82 Å². The van der Waals surface area contributed by atoms with Gasteiger partial charge in [0, 0.05) is 0 Å². The average molecular weight is 386 g/mol. The Balaban J connectivity index is -0.000000704. The van der Waals surface area contributed by atoms with Crippen LogP contribution in [0.15, 0.2) is 12.2 Å². The molecule has 7 heteroatoms. The van der Waals surface area contributed by atoms with E-state index in [-0.39, 0.29) is 29.6 Å². The number of carbonyl (C=O) groups excluding carboxylic acids is 1. The average Bonchev–Trinajstić information content (AvgIpc) is 2.49. The smallest absolute Gasteiger partial charge is 0.542 e. The normalized spacial score (nSPS) is 10.9. The number of phosphoric acid groups is 1. The van der Waals surface area contributed by atoms with Crippen LogP contribution in [0, 0.1) is 0 Å². The van der Waals surface area contributed by atoms with Crippen LogP contribution in [0.5, 0.6) is 0 Å². The van der Waals surface area contributed by atoms with Gasteiger partial charge in [0.05, 0.1) is 0 Å². The predicted octanol–water partition coefficient (Wildman–Crippen LogP) is 2.21. The van der Waals surface area contributed by atoms with Crippen molar-refractivity contribution in [3.05, 3.63) is 12.2 Å². The summed E-state index contributed by atoms with van der Waals surface area (Å²) in [6.07, 6.45) is 24.2. The van der Waals surface area contributed by atoms with E-state index in [2.05, 4.69) is 19.1 Å². The second-order valence-electron chi connectivity index (χ2n) is 5.99. The van der Waals surface area contributed by atoms with Crippen molar-refractivity contribution in [2.75, 3.05) is 0 Å². The van der Waals surface area contributed by atoms with Gasteiger partial charge in [-0.05, 0) is 25.7 Å². The molecule has 25 heavy (non-hydrogen) atoms. The summed E-state index contributed by atoms with van der Waals surface area (Å²) in [5.41, 5.74) is 0. The fourth-order valence-electron chi connectivity index (χ4n) is 2.27. The van der Waals surface area contributed by atoms with Crippen LogP contribution in [0.2, 0.25) is 0 Å². The number of rotatable bonds is 15. The Kier molecular flexibility index (Phi) is 29.7. The Morgan fingerprint density at radius 3 is 1.52 bits per heavy atom. The molecule has 0 fully saturated rings. The fraction of sp³-hybridized carbons (Fsp3) is 0.833. The van der Waals surface area contributed by atoms with Crippen molar-refractivity contribution in [3.8, 4) is 0 Å². The SMILES string of the molecule is CCCCCCCC/C=C\CCCCCCC[C-]=O.O=P(O)(O)O.[Na+]. The van der Waals surface area contributed by atoms with Gasteiger partial charge in [0.2, 0.25) is 0 Å². The Labute approximate surface area is 176 Å². The predicted molar refractivity (Wildman–Crippen MR) is 99.4 cm³/mol. The first-order valence-electron chi connectivity index (χ1n) is 9.20. The minimum Gasteiger partial charge on any atom is -0.542 e. The molecule has 0 aromatic rings. The van der Waals surface area contributed by atoms with Crippen molar-refractivity contribution in [1.29, 1.82) is 0 Å². The van der Waals surface area contributed by atoms with E-state index in [0.29, 0.717) is 6.42 Å². The molecule has 5 nitrogen and oxygen atoms in total. The summed E-state index contributed by atoms with van der Waals surface area (Å²) in [5, 5.41) is 0. The fourth-order valence-corrected chi connectivity index (χ4v) is 2.27. The molecular formula is C18H36NaO5P. The van der Waals surface area contributed by atoms with Crippen LogP contribution in [0.4, 0.5) is 0 Å². The van der Waals surface area contributed by atoms with Gasteiger partial charge in [-0.2, -0.15) is 6.42 Å². The molecule has 0 saturated carbocycles. The molecule has 0 atom stereocenters. The number of hydrogen-bond acceptors (Lipinski definition) is 2. The van der Waals surface area contributed by atoms with Crippen LogP contribution in [-0.4, -0.2) is 21.0 Å². The van der Waals surface area contributed by atoms with E-state index in [1.165, 1.54) is 77.0 Å². The molecule has 0 aromatic heterocycles. The summed E-state index contributed by atoms with van der Waals surface area (Å²) in [6.45, 7) is 2.27. The second kappa shape index (κ2) is 24.5. The molecule has 0 aliphatic heterocycles. The first kappa shape index (κ1) is 30.3. The molecule has 0 heterocycles. The first-order valence-corrected chi connectivity index (χ1v) is 10.8. The largest absolute Gasteiger partial charge is 1.00 e. The topological polar surface area (TPSA) is 94.8 Å². The van der Waals surface area contributed by atoms with Gasteiger partial charge in [0.15, 0.2) is 0 Å². The maximum atomic E-state index is 10.0. The molecule has 0 amide bonds. The minimum atomic E-state index is -4.64. The summed E-state index contributed by atoms with van der Waals surface area (Å²) in [7, 11) is -4.64. The molecule has 0 spiro atoms. The summed E-state index contributed by atoms with van der Waals surface area (Å²) in [4.78, 5) is 31.6. The Hall–Kier alpha value is 0.520. The molecular weight excluding hydrogens is 350 g/mol. The molecule has 0 aromatic carbocycles. The maximum absolute atomic E-state index is 10.0.